The predicted molar refractivity (Wildman–Crippen MR) is 79.4 cm³/mol. The Morgan fingerprint density at radius 3 is 2.89 bits per heavy atom. The van der Waals surface area contributed by atoms with Crippen molar-refractivity contribution >= 4 is 23.2 Å². The lowest BCUT2D eigenvalue weighted by Gasteiger charge is -2.22. The van der Waals surface area contributed by atoms with Gasteiger partial charge >= 0.3 is 0 Å². The molecule has 0 radical (unpaired) electrons. The molecule has 0 saturated carbocycles. The van der Waals surface area contributed by atoms with Crippen LogP contribution < -0.4 is 5.73 Å². The monoisotopic (exact) mass is 280 g/mol. The lowest BCUT2D eigenvalue weighted by molar-refractivity contribution is 0.0761. The van der Waals surface area contributed by atoms with Gasteiger partial charge in [-0.05, 0) is 37.3 Å². The molecule has 2 rings (SSSR count). The average molecular weight is 281 g/mol. The highest BCUT2D eigenvalue weighted by Gasteiger charge is 2.23. The molecule has 3 nitrogen and oxygen atoms in total. The van der Waals surface area contributed by atoms with E-state index < -0.39 is 0 Å². The number of rotatable bonds is 2. The number of hydrogen-bond acceptors (Lipinski definition) is 2. The van der Waals surface area contributed by atoms with Crippen molar-refractivity contribution in [1.29, 1.82) is 0 Å². The maximum Gasteiger partial charge on any atom is 0.257 e. The van der Waals surface area contributed by atoms with Crippen molar-refractivity contribution in [2.24, 2.45) is 5.92 Å². The van der Waals surface area contributed by atoms with E-state index in [-0.39, 0.29) is 5.91 Å². The van der Waals surface area contributed by atoms with Crippen LogP contribution in [-0.2, 0) is 0 Å². The molecular formula is C15H21ClN2O. The first-order valence-corrected chi connectivity index (χ1v) is 7.34. The van der Waals surface area contributed by atoms with E-state index >= 15 is 0 Å². The smallest absolute Gasteiger partial charge is 0.257 e. The van der Waals surface area contributed by atoms with E-state index in [0.29, 0.717) is 16.3 Å². The van der Waals surface area contributed by atoms with Crippen LogP contribution in [0.1, 0.15) is 43.0 Å². The third-order valence-corrected chi connectivity index (χ3v) is 4.29. The van der Waals surface area contributed by atoms with Crippen LogP contribution in [0.25, 0.3) is 0 Å². The summed E-state index contributed by atoms with van der Waals surface area (Å²) in [4.78, 5) is 14.4. The molecule has 1 aliphatic rings. The zero-order chi connectivity index (χ0) is 13.8. The molecule has 1 atom stereocenters. The number of nitrogens with two attached hydrogens (primary N) is 1. The van der Waals surface area contributed by atoms with Crippen molar-refractivity contribution in [1.82, 2.24) is 4.90 Å². The Morgan fingerprint density at radius 1 is 1.42 bits per heavy atom. The van der Waals surface area contributed by atoms with E-state index in [9.17, 15) is 4.79 Å². The molecule has 1 aromatic carbocycles. The van der Waals surface area contributed by atoms with E-state index in [2.05, 4.69) is 6.92 Å². The number of hydrogen-bond donors (Lipinski definition) is 1. The van der Waals surface area contributed by atoms with Crippen LogP contribution in [0, 0.1) is 5.92 Å². The normalized spacial score (nSPS) is 20.1. The Labute approximate surface area is 119 Å². The second-order valence-corrected chi connectivity index (χ2v) is 5.61. The minimum atomic E-state index is -0.0279. The summed E-state index contributed by atoms with van der Waals surface area (Å²) in [6, 6.07) is 5.22. The van der Waals surface area contributed by atoms with Crippen LogP contribution in [0.15, 0.2) is 18.2 Å². The highest BCUT2D eigenvalue weighted by Crippen LogP contribution is 2.26. The molecule has 2 N–H and O–H groups in total. The van der Waals surface area contributed by atoms with Crippen LogP contribution in [0.3, 0.4) is 0 Å². The van der Waals surface area contributed by atoms with Gasteiger partial charge in [0.1, 0.15) is 0 Å². The van der Waals surface area contributed by atoms with Crippen LogP contribution in [0.5, 0.6) is 0 Å². The Balaban J connectivity index is 2.15. The van der Waals surface area contributed by atoms with Gasteiger partial charge in [-0.15, -0.1) is 0 Å². The number of carbonyl (C=O) groups is 1. The summed E-state index contributed by atoms with van der Waals surface area (Å²) in [7, 11) is 0. The van der Waals surface area contributed by atoms with Crippen molar-refractivity contribution < 1.29 is 4.79 Å². The number of halogens is 1. The minimum Gasteiger partial charge on any atom is -0.398 e. The molecule has 1 unspecified atom stereocenters. The van der Waals surface area contributed by atoms with Crippen LogP contribution in [-0.4, -0.2) is 23.9 Å². The van der Waals surface area contributed by atoms with Crippen LogP contribution in [0.2, 0.25) is 5.02 Å². The first-order valence-electron chi connectivity index (χ1n) is 6.96. The summed E-state index contributed by atoms with van der Waals surface area (Å²) in [6.07, 6.45) is 4.54. The fourth-order valence-corrected chi connectivity index (χ4v) is 2.96. The maximum atomic E-state index is 12.6. The maximum absolute atomic E-state index is 12.6. The molecule has 0 aliphatic carbocycles. The number of carbonyl (C=O) groups excluding carboxylic acids is 1. The number of anilines is 1. The number of amides is 1. The largest absolute Gasteiger partial charge is 0.398 e. The Hall–Kier alpha value is -1.22. The van der Waals surface area contributed by atoms with Gasteiger partial charge in [-0.3, -0.25) is 4.79 Å². The molecule has 0 aromatic heterocycles. The fraction of sp³-hybridized carbons (Fsp3) is 0.533. The van der Waals surface area contributed by atoms with Crippen LogP contribution in [0.4, 0.5) is 5.69 Å². The van der Waals surface area contributed by atoms with E-state index in [1.807, 2.05) is 4.90 Å². The molecule has 4 heteroatoms. The summed E-state index contributed by atoms with van der Waals surface area (Å²) in [6.45, 7) is 3.83. The van der Waals surface area contributed by atoms with Crippen LogP contribution >= 0.6 is 11.6 Å². The highest BCUT2D eigenvalue weighted by molar-refractivity contribution is 6.34. The Morgan fingerprint density at radius 2 is 2.21 bits per heavy atom. The summed E-state index contributed by atoms with van der Waals surface area (Å²) < 4.78 is 0. The van der Waals surface area contributed by atoms with Gasteiger partial charge < -0.3 is 10.6 Å². The molecule has 104 valence electrons. The van der Waals surface area contributed by atoms with E-state index in [1.165, 1.54) is 12.8 Å². The van der Waals surface area contributed by atoms with E-state index in [0.717, 1.165) is 31.8 Å². The molecule has 19 heavy (non-hydrogen) atoms. The van der Waals surface area contributed by atoms with Gasteiger partial charge in [0.15, 0.2) is 0 Å². The lowest BCUT2D eigenvalue weighted by Crippen LogP contribution is -2.32. The number of benzene rings is 1. The van der Waals surface area contributed by atoms with Gasteiger partial charge in [-0.1, -0.05) is 31.0 Å². The summed E-state index contributed by atoms with van der Waals surface area (Å²) in [5.74, 6) is 0.709. The molecule has 1 aliphatic heterocycles. The van der Waals surface area contributed by atoms with Gasteiger partial charge in [0, 0.05) is 18.8 Å². The summed E-state index contributed by atoms with van der Waals surface area (Å²) in [5, 5.41) is 0.446. The van der Waals surface area contributed by atoms with Crippen molar-refractivity contribution in [2.75, 3.05) is 18.8 Å². The fourth-order valence-electron chi connectivity index (χ4n) is 2.70. The summed E-state index contributed by atoms with van der Waals surface area (Å²) in [5.41, 5.74) is 6.81. The standard InChI is InChI=1S/C15H21ClN2O/c1-2-11-5-4-9-18(10-8-11)15(19)14-12(16)6-3-7-13(14)17/h3,6-7,11H,2,4-5,8-10,17H2,1H3. The lowest BCUT2D eigenvalue weighted by atomic mass is 9.98. The zero-order valence-electron chi connectivity index (χ0n) is 11.4. The van der Waals surface area contributed by atoms with Gasteiger partial charge in [-0.25, -0.2) is 0 Å². The minimum absolute atomic E-state index is 0.0279. The molecule has 0 bridgehead atoms. The number of nitrogen functional groups attached to an aromatic ring is 1. The van der Waals surface area contributed by atoms with Crippen molar-refractivity contribution in [2.45, 2.75) is 32.6 Å². The van der Waals surface area contributed by atoms with Gasteiger partial charge in [0.25, 0.3) is 5.91 Å². The molecule has 1 amide bonds. The Bertz CT molecular complexity index is 441. The van der Waals surface area contributed by atoms with Gasteiger partial charge in [-0.2, -0.15) is 0 Å². The zero-order valence-corrected chi connectivity index (χ0v) is 12.1. The molecule has 1 fully saturated rings. The molecular weight excluding hydrogens is 260 g/mol. The summed E-state index contributed by atoms with van der Waals surface area (Å²) >= 11 is 6.11. The first kappa shape index (κ1) is 14.2. The predicted octanol–water partition coefficient (Wildman–Crippen LogP) is 3.57. The van der Waals surface area contributed by atoms with E-state index in [4.69, 9.17) is 17.3 Å². The van der Waals surface area contributed by atoms with E-state index in [1.54, 1.807) is 18.2 Å². The van der Waals surface area contributed by atoms with Crippen molar-refractivity contribution in [3.8, 4) is 0 Å². The molecule has 0 spiro atoms. The van der Waals surface area contributed by atoms with Crippen molar-refractivity contribution in [3.05, 3.63) is 28.8 Å². The molecule has 1 saturated heterocycles. The van der Waals surface area contributed by atoms with Gasteiger partial charge in [0.2, 0.25) is 0 Å². The molecule has 1 heterocycles. The SMILES string of the molecule is CCC1CCCN(C(=O)c2c(N)cccc2Cl)CC1. The number of likely N-dealkylation sites (tertiary alicyclic amines) is 1. The van der Waals surface area contributed by atoms with Crippen molar-refractivity contribution in [3.63, 3.8) is 0 Å². The van der Waals surface area contributed by atoms with Gasteiger partial charge in [0.05, 0.1) is 10.6 Å². The third-order valence-electron chi connectivity index (χ3n) is 3.97. The average Bonchev–Trinajstić information content (AvgIpc) is 2.63. The quantitative estimate of drug-likeness (QED) is 0.842. The highest BCUT2D eigenvalue weighted by atomic mass is 35.5. The first-order chi connectivity index (χ1) is 9.13. The second kappa shape index (κ2) is 6.29. The topological polar surface area (TPSA) is 46.3 Å². The third kappa shape index (κ3) is 3.21. The Kier molecular flexibility index (Phi) is 4.70. The molecule has 1 aromatic rings. The second-order valence-electron chi connectivity index (χ2n) is 5.20. The number of nitrogens with zero attached hydrogens (tertiary/aromatic N) is 1.